The largest absolute Gasteiger partial charge is 0.573 e. The van der Waals surface area contributed by atoms with Gasteiger partial charge in [0.1, 0.15) is 16.5 Å². The van der Waals surface area contributed by atoms with E-state index < -0.39 is 27.1 Å². The lowest BCUT2D eigenvalue weighted by Gasteiger charge is -2.11. The Morgan fingerprint density at radius 2 is 1.41 bits per heavy atom. The van der Waals surface area contributed by atoms with Gasteiger partial charge in [0, 0.05) is 4.90 Å². The number of benzene rings is 3. The molecule has 4 nitrogen and oxygen atoms in total. The Kier molecular flexibility index (Phi) is 5.61. The van der Waals surface area contributed by atoms with Gasteiger partial charge in [-0.2, -0.15) is 0 Å². The molecule has 0 aliphatic carbocycles. The van der Waals surface area contributed by atoms with Gasteiger partial charge in [-0.1, -0.05) is 30.3 Å². The Balaban J connectivity index is 1.90. The maximum absolute atomic E-state index is 14.1. The van der Waals surface area contributed by atoms with E-state index in [1.807, 2.05) is 0 Å². The maximum atomic E-state index is 14.1. The van der Waals surface area contributed by atoms with Crippen molar-refractivity contribution in [3.63, 3.8) is 0 Å². The molecule has 0 atom stereocenters. The van der Waals surface area contributed by atoms with Crippen LogP contribution < -0.4 is 9.88 Å². The maximum Gasteiger partial charge on any atom is 0.573 e. The Morgan fingerprint density at radius 1 is 0.862 bits per heavy atom. The van der Waals surface area contributed by atoms with Gasteiger partial charge in [0.2, 0.25) is 10.0 Å². The zero-order valence-corrected chi connectivity index (χ0v) is 16.2. The zero-order valence-electron chi connectivity index (χ0n) is 14.4. The van der Waals surface area contributed by atoms with Crippen molar-refractivity contribution in [2.24, 2.45) is 5.14 Å². The summed E-state index contributed by atoms with van der Waals surface area (Å²) in [6.07, 6.45) is -4.77. The third-order valence-corrected chi connectivity index (χ3v) is 5.28. The fraction of sp³-hybridized carbons (Fsp3) is 0.0526. The van der Waals surface area contributed by atoms with Crippen molar-refractivity contribution in [2.75, 3.05) is 0 Å². The van der Waals surface area contributed by atoms with Crippen LogP contribution in [0.15, 0.2) is 70.5 Å². The molecule has 0 fully saturated rings. The molecule has 0 radical (unpaired) electrons. The minimum absolute atomic E-state index is 0.344. The van der Waals surface area contributed by atoms with Crippen LogP contribution in [0.25, 0.3) is 22.3 Å². The van der Waals surface area contributed by atoms with E-state index in [4.69, 9.17) is 5.14 Å². The van der Waals surface area contributed by atoms with E-state index >= 15 is 0 Å². The number of alkyl halides is 3. The quantitative estimate of drug-likeness (QED) is 0.441. The van der Waals surface area contributed by atoms with E-state index in [0.29, 0.717) is 27.1 Å². The molecule has 2 N–H and O–H groups in total. The van der Waals surface area contributed by atoms with Crippen LogP contribution in [0.2, 0.25) is 0 Å². The monoisotopic (exact) mass is 443 g/mol. The molecule has 0 aromatic heterocycles. The summed E-state index contributed by atoms with van der Waals surface area (Å²) in [6, 6.07) is 13.8. The van der Waals surface area contributed by atoms with Crippen molar-refractivity contribution in [3.8, 4) is 28.0 Å². The molecular formula is C19H13F4NO3S2. The summed E-state index contributed by atoms with van der Waals surface area (Å²) in [4.78, 5) is -0.118. The fourth-order valence-corrected chi connectivity index (χ4v) is 3.63. The second-order valence-electron chi connectivity index (χ2n) is 5.99. The summed E-state index contributed by atoms with van der Waals surface area (Å²) in [7, 11) is -4.17. The van der Waals surface area contributed by atoms with Crippen molar-refractivity contribution in [2.45, 2.75) is 16.2 Å². The Morgan fingerprint density at radius 3 is 1.93 bits per heavy atom. The molecule has 0 spiro atoms. The van der Waals surface area contributed by atoms with Gasteiger partial charge in [0.05, 0.1) is 0 Å². The van der Waals surface area contributed by atoms with Gasteiger partial charge in [-0.05, 0) is 52.6 Å². The molecule has 3 aromatic rings. The summed E-state index contributed by atoms with van der Waals surface area (Å²) in [6.45, 7) is 0. The standard InChI is InChI=1S/C19H13F4NO3S2/c20-16-9-12(4-8-18(16)29(24,25)26)13-3-7-15(17(28)10-13)11-1-5-14(6-2-11)27-19(21,22)23/h1-10,28H,(H2,24,25,26). The average Bonchev–Trinajstić information content (AvgIpc) is 2.60. The highest BCUT2D eigenvalue weighted by atomic mass is 32.2. The number of hydrogen-bond acceptors (Lipinski definition) is 4. The van der Waals surface area contributed by atoms with Crippen LogP contribution in [0.1, 0.15) is 0 Å². The average molecular weight is 443 g/mol. The van der Waals surface area contributed by atoms with E-state index in [1.165, 1.54) is 30.3 Å². The molecule has 10 heteroatoms. The number of halogens is 4. The number of nitrogens with two attached hydrogens (primary N) is 1. The van der Waals surface area contributed by atoms with E-state index in [2.05, 4.69) is 17.4 Å². The normalized spacial score (nSPS) is 12.1. The van der Waals surface area contributed by atoms with Crippen LogP contribution in [0, 0.1) is 5.82 Å². The second-order valence-corrected chi connectivity index (χ2v) is 8.01. The lowest BCUT2D eigenvalue weighted by atomic mass is 10.00. The molecule has 0 aliphatic rings. The highest BCUT2D eigenvalue weighted by Crippen LogP contribution is 2.33. The van der Waals surface area contributed by atoms with Crippen LogP contribution in [-0.4, -0.2) is 14.8 Å². The Hall–Kier alpha value is -2.56. The summed E-state index contributed by atoms with van der Waals surface area (Å²) in [5, 5.41) is 4.95. The highest BCUT2D eigenvalue weighted by Gasteiger charge is 2.31. The minimum Gasteiger partial charge on any atom is -0.406 e. The first kappa shape index (κ1) is 21.2. The lowest BCUT2D eigenvalue weighted by Crippen LogP contribution is -2.16. The molecule has 0 aliphatic heterocycles. The second kappa shape index (κ2) is 7.69. The van der Waals surface area contributed by atoms with E-state index in [-0.39, 0.29) is 5.75 Å². The summed E-state index contributed by atoms with van der Waals surface area (Å²) in [5.74, 6) is -1.32. The zero-order chi connectivity index (χ0) is 21.4. The SMILES string of the molecule is NS(=O)(=O)c1ccc(-c2ccc(-c3ccc(OC(F)(F)F)cc3)c(S)c2)cc1F. The van der Waals surface area contributed by atoms with Crippen molar-refractivity contribution >= 4 is 22.7 Å². The van der Waals surface area contributed by atoms with Crippen molar-refractivity contribution < 1.29 is 30.7 Å². The van der Waals surface area contributed by atoms with Gasteiger partial charge < -0.3 is 4.74 Å². The summed E-state index contributed by atoms with van der Waals surface area (Å²) >= 11 is 4.40. The van der Waals surface area contributed by atoms with Gasteiger partial charge in [-0.25, -0.2) is 17.9 Å². The van der Waals surface area contributed by atoms with Gasteiger partial charge in [-0.3, -0.25) is 0 Å². The molecule has 3 aromatic carbocycles. The third-order valence-electron chi connectivity index (χ3n) is 3.97. The topological polar surface area (TPSA) is 69.4 Å². The van der Waals surface area contributed by atoms with Gasteiger partial charge in [0.25, 0.3) is 0 Å². The molecule has 0 heterocycles. The molecule has 29 heavy (non-hydrogen) atoms. The number of primary sulfonamides is 1. The van der Waals surface area contributed by atoms with Gasteiger partial charge >= 0.3 is 6.36 Å². The van der Waals surface area contributed by atoms with E-state index in [0.717, 1.165) is 12.1 Å². The van der Waals surface area contributed by atoms with Gasteiger partial charge in [-0.15, -0.1) is 25.8 Å². The lowest BCUT2D eigenvalue weighted by molar-refractivity contribution is -0.274. The smallest absolute Gasteiger partial charge is 0.406 e. The first-order valence-corrected chi connectivity index (χ1v) is 9.95. The van der Waals surface area contributed by atoms with Crippen LogP contribution in [0.3, 0.4) is 0 Å². The van der Waals surface area contributed by atoms with Crippen molar-refractivity contribution in [1.29, 1.82) is 0 Å². The number of hydrogen-bond donors (Lipinski definition) is 2. The van der Waals surface area contributed by atoms with Crippen LogP contribution in [0.5, 0.6) is 5.75 Å². The third kappa shape index (κ3) is 5.08. The fourth-order valence-electron chi connectivity index (χ4n) is 2.70. The first-order valence-electron chi connectivity index (χ1n) is 7.96. The van der Waals surface area contributed by atoms with Crippen LogP contribution >= 0.6 is 12.6 Å². The van der Waals surface area contributed by atoms with Crippen LogP contribution in [-0.2, 0) is 10.0 Å². The Bertz CT molecular complexity index is 1160. The molecule has 0 bridgehead atoms. The summed E-state index contributed by atoms with van der Waals surface area (Å²) < 4.78 is 77.3. The van der Waals surface area contributed by atoms with Crippen LogP contribution in [0.4, 0.5) is 17.6 Å². The molecule has 0 unspecified atom stereocenters. The molecule has 0 saturated carbocycles. The van der Waals surface area contributed by atoms with Crippen molar-refractivity contribution in [1.82, 2.24) is 0 Å². The van der Waals surface area contributed by atoms with E-state index in [1.54, 1.807) is 18.2 Å². The van der Waals surface area contributed by atoms with Gasteiger partial charge in [0.15, 0.2) is 0 Å². The molecule has 152 valence electrons. The highest BCUT2D eigenvalue weighted by molar-refractivity contribution is 7.89. The molecule has 3 rings (SSSR count). The molecule has 0 saturated heterocycles. The predicted octanol–water partition coefficient (Wildman–Crippen LogP) is 4.99. The number of ether oxygens (including phenoxy) is 1. The first-order chi connectivity index (χ1) is 13.4. The molecule has 0 amide bonds. The predicted molar refractivity (Wildman–Crippen MR) is 103 cm³/mol. The van der Waals surface area contributed by atoms with E-state index in [9.17, 15) is 26.0 Å². The van der Waals surface area contributed by atoms with Crippen molar-refractivity contribution in [3.05, 3.63) is 66.5 Å². The number of thiol groups is 1. The number of sulfonamides is 1. The molecular weight excluding hydrogens is 430 g/mol. The number of rotatable bonds is 4. The minimum atomic E-state index is -4.77. The summed E-state index contributed by atoms with van der Waals surface area (Å²) in [5.41, 5.74) is 2.21. The Labute approximate surface area is 169 Å².